The predicted octanol–water partition coefficient (Wildman–Crippen LogP) is 2.13. The number of nitrogens with zero attached hydrogens (tertiary/aromatic N) is 2. The van der Waals surface area contributed by atoms with Gasteiger partial charge in [-0.05, 0) is 30.3 Å². The summed E-state index contributed by atoms with van der Waals surface area (Å²) in [5.74, 6) is 0.319. The van der Waals surface area contributed by atoms with E-state index in [-0.39, 0.29) is 5.69 Å². The number of carbonyl (C=O) groups is 1. The molecule has 1 aromatic heterocycles. The number of ether oxygens (including phenoxy) is 1. The van der Waals surface area contributed by atoms with Crippen molar-refractivity contribution in [3.8, 4) is 11.6 Å². The Labute approximate surface area is 106 Å². The first-order chi connectivity index (χ1) is 8.15. The van der Waals surface area contributed by atoms with Crippen LogP contribution >= 0.6 is 15.9 Å². The first-order valence-corrected chi connectivity index (χ1v) is 5.51. The molecule has 0 atom stereocenters. The maximum atomic E-state index is 10.8. The first-order valence-electron chi connectivity index (χ1n) is 4.72. The lowest BCUT2D eigenvalue weighted by atomic mass is 10.3. The van der Waals surface area contributed by atoms with E-state index in [1.807, 2.05) is 12.1 Å². The number of rotatable bonds is 3. The molecule has 5 nitrogen and oxygen atoms in total. The maximum absolute atomic E-state index is 10.8. The number of benzene rings is 1. The second-order valence-corrected chi connectivity index (χ2v) is 4.09. The molecule has 1 amide bonds. The van der Waals surface area contributed by atoms with Crippen LogP contribution in [0.3, 0.4) is 0 Å². The van der Waals surface area contributed by atoms with Crippen LogP contribution in [0.25, 0.3) is 0 Å². The highest BCUT2D eigenvalue weighted by atomic mass is 79.9. The molecule has 2 rings (SSSR count). The number of amides is 1. The molecule has 1 aromatic carbocycles. The van der Waals surface area contributed by atoms with Crippen LogP contribution in [0.1, 0.15) is 10.5 Å². The Bertz CT molecular complexity index is 525. The van der Waals surface area contributed by atoms with Crippen LogP contribution in [0, 0.1) is 0 Å². The summed E-state index contributed by atoms with van der Waals surface area (Å²) in [6.45, 7) is 0. The normalized spacial score (nSPS) is 9.94. The lowest BCUT2D eigenvalue weighted by Gasteiger charge is -2.03. The molecule has 0 bridgehead atoms. The van der Waals surface area contributed by atoms with E-state index in [0.717, 1.165) is 4.47 Å². The summed E-state index contributed by atoms with van der Waals surface area (Å²) in [5, 5.41) is 7.37. The van der Waals surface area contributed by atoms with Crippen LogP contribution in [0.5, 0.6) is 11.6 Å². The molecule has 0 radical (unpaired) electrons. The Morgan fingerprint density at radius 3 is 2.35 bits per heavy atom. The summed E-state index contributed by atoms with van der Waals surface area (Å²) in [4.78, 5) is 10.8. The summed E-state index contributed by atoms with van der Waals surface area (Å²) in [6, 6.07) is 10.3. The fraction of sp³-hybridized carbons (Fsp3) is 0. The van der Waals surface area contributed by atoms with Gasteiger partial charge >= 0.3 is 0 Å². The van der Waals surface area contributed by atoms with Crippen molar-refractivity contribution in [2.45, 2.75) is 0 Å². The first kappa shape index (κ1) is 11.5. The van der Waals surface area contributed by atoms with Crippen molar-refractivity contribution in [3.63, 3.8) is 0 Å². The Hall–Kier alpha value is -1.95. The van der Waals surface area contributed by atoms with Crippen LogP contribution in [0.2, 0.25) is 0 Å². The van der Waals surface area contributed by atoms with Crippen LogP contribution in [0.4, 0.5) is 0 Å². The fourth-order valence-corrected chi connectivity index (χ4v) is 1.39. The zero-order valence-electron chi connectivity index (χ0n) is 8.63. The molecule has 0 spiro atoms. The van der Waals surface area contributed by atoms with Crippen LogP contribution < -0.4 is 10.5 Å². The quantitative estimate of drug-likeness (QED) is 0.940. The van der Waals surface area contributed by atoms with Gasteiger partial charge < -0.3 is 10.5 Å². The van der Waals surface area contributed by atoms with E-state index in [0.29, 0.717) is 11.6 Å². The van der Waals surface area contributed by atoms with Crippen LogP contribution in [-0.4, -0.2) is 16.1 Å². The molecular weight excluding hydrogens is 286 g/mol. The van der Waals surface area contributed by atoms with Crippen LogP contribution in [0.15, 0.2) is 40.9 Å². The smallest absolute Gasteiger partial charge is 0.269 e. The number of hydrogen-bond acceptors (Lipinski definition) is 4. The molecule has 0 unspecified atom stereocenters. The second kappa shape index (κ2) is 4.92. The number of hydrogen-bond donors (Lipinski definition) is 1. The summed E-state index contributed by atoms with van der Waals surface area (Å²) >= 11 is 3.32. The van der Waals surface area contributed by atoms with E-state index >= 15 is 0 Å². The van der Waals surface area contributed by atoms with Gasteiger partial charge in [0.2, 0.25) is 5.88 Å². The van der Waals surface area contributed by atoms with Crippen molar-refractivity contribution in [2.24, 2.45) is 5.73 Å². The second-order valence-electron chi connectivity index (χ2n) is 3.18. The van der Waals surface area contributed by atoms with Crippen molar-refractivity contribution in [2.75, 3.05) is 0 Å². The van der Waals surface area contributed by atoms with Crippen molar-refractivity contribution in [1.82, 2.24) is 10.2 Å². The molecule has 0 aliphatic rings. The van der Waals surface area contributed by atoms with E-state index < -0.39 is 5.91 Å². The van der Waals surface area contributed by atoms with Crippen molar-refractivity contribution < 1.29 is 9.53 Å². The summed E-state index contributed by atoms with van der Waals surface area (Å²) in [5.41, 5.74) is 5.15. The molecular formula is C11H8BrN3O2. The topological polar surface area (TPSA) is 78.1 Å². The highest BCUT2D eigenvalue weighted by Crippen LogP contribution is 2.21. The molecule has 86 valence electrons. The zero-order chi connectivity index (χ0) is 12.3. The van der Waals surface area contributed by atoms with Gasteiger partial charge in [-0.3, -0.25) is 4.79 Å². The Kier molecular flexibility index (Phi) is 3.34. The Balaban J connectivity index is 2.13. The maximum Gasteiger partial charge on any atom is 0.269 e. The summed E-state index contributed by atoms with van der Waals surface area (Å²) in [6.07, 6.45) is 0. The van der Waals surface area contributed by atoms with Gasteiger partial charge in [0.1, 0.15) is 5.75 Å². The standard InChI is InChI=1S/C11H8BrN3O2/c12-7-1-3-8(4-2-7)17-10-6-5-9(11(13)16)14-15-10/h1-6H,(H2,13,16). The van der Waals surface area contributed by atoms with Gasteiger partial charge in [0.25, 0.3) is 5.91 Å². The average molecular weight is 294 g/mol. The number of aromatic nitrogens is 2. The summed E-state index contributed by atoms with van der Waals surface area (Å²) in [7, 11) is 0. The molecule has 2 N–H and O–H groups in total. The van der Waals surface area contributed by atoms with Gasteiger partial charge in [-0.25, -0.2) is 0 Å². The highest BCUT2D eigenvalue weighted by molar-refractivity contribution is 9.10. The number of carbonyl (C=O) groups excluding carboxylic acids is 1. The predicted molar refractivity (Wildman–Crippen MR) is 64.8 cm³/mol. The van der Waals surface area contributed by atoms with Crippen molar-refractivity contribution >= 4 is 21.8 Å². The third-order valence-electron chi connectivity index (χ3n) is 1.93. The molecule has 17 heavy (non-hydrogen) atoms. The molecule has 1 heterocycles. The molecule has 6 heteroatoms. The van der Waals surface area contributed by atoms with Gasteiger partial charge in [0.05, 0.1) is 0 Å². The highest BCUT2D eigenvalue weighted by Gasteiger charge is 2.04. The van der Waals surface area contributed by atoms with Gasteiger partial charge in [0.15, 0.2) is 5.69 Å². The number of primary amides is 1. The summed E-state index contributed by atoms with van der Waals surface area (Å²) < 4.78 is 6.38. The SMILES string of the molecule is NC(=O)c1ccc(Oc2ccc(Br)cc2)nn1. The van der Waals surface area contributed by atoms with E-state index in [1.54, 1.807) is 12.1 Å². The minimum Gasteiger partial charge on any atom is -0.438 e. The third-order valence-corrected chi connectivity index (χ3v) is 2.46. The average Bonchev–Trinajstić information content (AvgIpc) is 2.33. The minimum absolute atomic E-state index is 0.105. The third kappa shape index (κ3) is 3.01. The molecule has 0 saturated carbocycles. The van der Waals surface area contributed by atoms with E-state index in [4.69, 9.17) is 10.5 Å². The minimum atomic E-state index is -0.618. The van der Waals surface area contributed by atoms with Gasteiger partial charge in [-0.2, -0.15) is 0 Å². The molecule has 0 aliphatic heterocycles. The lowest BCUT2D eigenvalue weighted by molar-refractivity contribution is 0.0994. The van der Waals surface area contributed by atoms with Gasteiger partial charge in [-0.15, -0.1) is 10.2 Å². The number of nitrogens with two attached hydrogens (primary N) is 1. The Morgan fingerprint density at radius 2 is 1.82 bits per heavy atom. The zero-order valence-corrected chi connectivity index (χ0v) is 10.2. The van der Waals surface area contributed by atoms with Gasteiger partial charge in [0, 0.05) is 10.5 Å². The van der Waals surface area contributed by atoms with E-state index in [1.165, 1.54) is 12.1 Å². The molecule has 0 saturated heterocycles. The van der Waals surface area contributed by atoms with Crippen molar-refractivity contribution in [3.05, 3.63) is 46.6 Å². The van der Waals surface area contributed by atoms with E-state index in [2.05, 4.69) is 26.1 Å². The van der Waals surface area contributed by atoms with Crippen LogP contribution in [-0.2, 0) is 0 Å². The fourth-order valence-electron chi connectivity index (χ4n) is 1.13. The molecule has 0 aliphatic carbocycles. The van der Waals surface area contributed by atoms with Crippen molar-refractivity contribution in [1.29, 1.82) is 0 Å². The Morgan fingerprint density at radius 1 is 1.12 bits per heavy atom. The largest absolute Gasteiger partial charge is 0.438 e. The molecule has 2 aromatic rings. The molecule has 0 fully saturated rings. The van der Waals surface area contributed by atoms with E-state index in [9.17, 15) is 4.79 Å². The lowest BCUT2D eigenvalue weighted by Crippen LogP contribution is -2.13. The number of halogens is 1. The monoisotopic (exact) mass is 293 g/mol. The van der Waals surface area contributed by atoms with Gasteiger partial charge in [-0.1, -0.05) is 15.9 Å².